The number of hydrazine groups is 1. The van der Waals surface area contributed by atoms with Gasteiger partial charge in [0.15, 0.2) is 16.6 Å². The van der Waals surface area contributed by atoms with E-state index in [9.17, 15) is 4.79 Å². The van der Waals surface area contributed by atoms with Gasteiger partial charge in [-0.3, -0.25) is 15.6 Å². The minimum atomic E-state index is -0.311. The van der Waals surface area contributed by atoms with E-state index in [-0.39, 0.29) is 5.91 Å². The molecule has 0 saturated heterocycles. The number of nitrogens with one attached hydrogen (secondary N) is 3. The first-order valence-corrected chi connectivity index (χ1v) is 9.62. The fourth-order valence-electron chi connectivity index (χ4n) is 3.36. The number of amides is 1. The van der Waals surface area contributed by atoms with Crippen molar-refractivity contribution < 1.29 is 14.3 Å². The predicted octanol–water partition coefficient (Wildman–Crippen LogP) is 3.04. The van der Waals surface area contributed by atoms with Crippen LogP contribution in [0.5, 0.6) is 11.5 Å². The van der Waals surface area contributed by atoms with E-state index >= 15 is 0 Å². The Morgan fingerprint density at radius 2 is 1.96 bits per heavy atom. The monoisotopic (exact) mass is 391 g/mol. The molecule has 1 aromatic carbocycles. The molecule has 0 radical (unpaired) electrons. The van der Waals surface area contributed by atoms with Gasteiger partial charge in [-0.25, -0.2) is 0 Å². The summed E-state index contributed by atoms with van der Waals surface area (Å²) in [5, 5.41) is 3.74. The molecule has 148 valence electrons. The Bertz CT molecular complexity index is 693. The quantitative estimate of drug-likeness (QED) is 0.407. The fraction of sp³-hybridized carbons (Fsp3) is 0.500. The van der Waals surface area contributed by atoms with Crippen molar-refractivity contribution in [2.45, 2.75) is 39.2 Å². The summed E-state index contributed by atoms with van der Waals surface area (Å²) in [6.45, 7) is 4.52. The van der Waals surface area contributed by atoms with Crippen molar-refractivity contribution in [3.63, 3.8) is 0 Å². The lowest BCUT2D eigenvalue weighted by Crippen LogP contribution is -2.52. The highest BCUT2D eigenvalue weighted by atomic mass is 32.1. The number of carbonyl (C=O) groups is 1. The van der Waals surface area contributed by atoms with E-state index in [1.807, 2.05) is 12.1 Å². The van der Waals surface area contributed by atoms with E-state index in [4.69, 9.17) is 21.7 Å². The normalized spacial score (nSPS) is 22.1. The Balaban J connectivity index is 1.85. The SMILES string of the molecule is COc1cccc(/C=C/C(=O)NNC(=S)N[C@H]2CCC[C@H](C)[C@H]2C)c1OC. The molecule has 3 N–H and O–H groups in total. The minimum absolute atomic E-state index is 0.311. The van der Waals surface area contributed by atoms with Crippen molar-refractivity contribution in [2.75, 3.05) is 14.2 Å². The molecule has 1 aromatic rings. The maximum absolute atomic E-state index is 12.1. The molecule has 1 aliphatic rings. The van der Waals surface area contributed by atoms with Gasteiger partial charge >= 0.3 is 0 Å². The van der Waals surface area contributed by atoms with Gasteiger partial charge in [0.2, 0.25) is 0 Å². The summed E-state index contributed by atoms with van der Waals surface area (Å²) in [5.41, 5.74) is 6.10. The molecule has 0 bridgehead atoms. The summed E-state index contributed by atoms with van der Waals surface area (Å²) in [5.74, 6) is 2.10. The molecular formula is C20H29N3O3S. The third kappa shape index (κ3) is 5.85. The van der Waals surface area contributed by atoms with E-state index < -0.39 is 0 Å². The zero-order valence-electron chi connectivity index (χ0n) is 16.4. The Morgan fingerprint density at radius 3 is 2.67 bits per heavy atom. The van der Waals surface area contributed by atoms with Crippen molar-refractivity contribution in [1.29, 1.82) is 0 Å². The average Bonchev–Trinajstić information content (AvgIpc) is 2.67. The van der Waals surface area contributed by atoms with Crippen LogP contribution in [0.3, 0.4) is 0 Å². The Kier molecular flexibility index (Phi) is 7.91. The molecule has 0 heterocycles. The molecule has 2 rings (SSSR count). The van der Waals surface area contributed by atoms with E-state index in [1.54, 1.807) is 26.4 Å². The van der Waals surface area contributed by atoms with Crippen LogP contribution in [0.1, 0.15) is 38.7 Å². The van der Waals surface area contributed by atoms with Crippen LogP contribution in [-0.2, 0) is 4.79 Å². The Labute approximate surface area is 166 Å². The molecule has 6 nitrogen and oxygen atoms in total. The number of thiocarbonyl (C=S) groups is 1. The number of hydrogen-bond donors (Lipinski definition) is 3. The molecule has 1 amide bonds. The van der Waals surface area contributed by atoms with E-state index in [0.29, 0.717) is 34.5 Å². The second-order valence-corrected chi connectivity index (χ2v) is 7.29. The van der Waals surface area contributed by atoms with Crippen LogP contribution in [0.15, 0.2) is 24.3 Å². The molecule has 1 fully saturated rings. The van der Waals surface area contributed by atoms with Gasteiger partial charge in [0, 0.05) is 17.7 Å². The number of rotatable bonds is 5. The topological polar surface area (TPSA) is 71.6 Å². The smallest absolute Gasteiger partial charge is 0.262 e. The van der Waals surface area contributed by atoms with Crippen molar-refractivity contribution in [1.82, 2.24) is 16.2 Å². The number of methoxy groups -OCH3 is 2. The third-order valence-corrected chi connectivity index (χ3v) is 5.39. The lowest BCUT2D eigenvalue weighted by molar-refractivity contribution is -0.116. The van der Waals surface area contributed by atoms with Crippen molar-refractivity contribution in [3.05, 3.63) is 29.8 Å². The second kappa shape index (κ2) is 10.2. The van der Waals surface area contributed by atoms with Gasteiger partial charge in [0.25, 0.3) is 5.91 Å². The molecule has 3 atom stereocenters. The number of benzene rings is 1. The summed E-state index contributed by atoms with van der Waals surface area (Å²) < 4.78 is 10.6. The van der Waals surface area contributed by atoms with Crippen molar-refractivity contribution in [2.24, 2.45) is 11.8 Å². The average molecular weight is 392 g/mol. The summed E-state index contributed by atoms with van der Waals surface area (Å²) in [6.07, 6.45) is 6.63. The molecular weight excluding hydrogens is 362 g/mol. The summed E-state index contributed by atoms with van der Waals surface area (Å²) in [7, 11) is 3.14. The first-order valence-electron chi connectivity index (χ1n) is 9.21. The molecule has 1 saturated carbocycles. The van der Waals surface area contributed by atoms with Gasteiger partial charge < -0.3 is 14.8 Å². The molecule has 0 spiro atoms. The summed E-state index contributed by atoms with van der Waals surface area (Å²) in [6, 6.07) is 5.82. The number of ether oxygens (including phenoxy) is 2. The molecule has 7 heteroatoms. The lowest BCUT2D eigenvalue weighted by Gasteiger charge is -2.35. The Morgan fingerprint density at radius 1 is 1.19 bits per heavy atom. The maximum atomic E-state index is 12.1. The number of carbonyl (C=O) groups excluding carboxylic acids is 1. The highest BCUT2D eigenvalue weighted by Crippen LogP contribution is 2.31. The van der Waals surface area contributed by atoms with Gasteiger partial charge in [-0.1, -0.05) is 38.8 Å². The number of hydrogen-bond acceptors (Lipinski definition) is 4. The van der Waals surface area contributed by atoms with Crippen LogP contribution in [0, 0.1) is 11.8 Å². The zero-order chi connectivity index (χ0) is 19.8. The van der Waals surface area contributed by atoms with Crippen molar-refractivity contribution >= 4 is 29.3 Å². The maximum Gasteiger partial charge on any atom is 0.262 e. The van der Waals surface area contributed by atoms with Crippen molar-refractivity contribution in [3.8, 4) is 11.5 Å². The van der Waals surface area contributed by atoms with Gasteiger partial charge in [0.05, 0.1) is 14.2 Å². The first-order chi connectivity index (χ1) is 13.0. The van der Waals surface area contributed by atoms with Crippen LogP contribution >= 0.6 is 12.2 Å². The number of para-hydroxylation sites is 1. The van der Waals surface area contributed by atoms with E-state index in [0.717, 1.165) is 12.0 Å². The van der Waals surface area contributed by atoms with Gasteiger partial charge in [-0.05, 0) is 42.6 Å². The van der Waals surface area contributed by atoms with E-state index in [2.05, 4.69) is 30.0 Å². The second-order valence-electron chi connectivity index (χ2n) is 6.88. The van der Waals surface area contributed by atoms with E-state index in [1.165, 1.54) is 18.9 Å². The Hall–Kier alpha value is -2.28. The standard InChI is InChI=1S/C20H29N3O3S/c1-13-7-5-9-16(14(13)2)21-20(27)23-22-18(24)12-11-15-8-6-10-17(25-3)19(15)26-4/h6,8,10-14,16H,5,7,9H2,1-4H3,(H,22,24)(H2,21,23,27)/b12-11+/t13-,14+,16-/m0/s1. The molecule has 0 aromatic heterocycles. The third-order valence-electron chi connectivity index (χ3n) is 5.17. The molecule has 0 unspecified atom stereocenters. The highest BCUT2D eigenvalue weighted by Gasteiger charge is 2.27. The molecule has 1 aliphatic carbocycles. The van der Waals surface area contributed by atoms with Gasteiger partial charge in [-0.15, -0.1) is 0 Å². The first kappa shape index (κ1) is 21.0. The fourth-order valence-corrected chi connectivity index (χ4v) is 3.56. The summed E-state index contributed by atoms with van der Waals surface area (Å²) >= 11 is 5.30. The lowest BCUT2D eigenvalue weighted by atomic mass is 9.78. The van der Waals surface area contributed by atoms with Crippen LogP contribution in [0.2, 0.25) is 0 Å². The highest BCUT2D eigenvalue weighted by molar-refractivity contribution is 7.80. The largest absolute Gasteiger partial charge is 0.493 e. The summed E-state index contributed by atoms with van der Waals surface area (Å²) in [4.78, 5) is 12.1. The van der Waals surface area contributed by atoms with Crippen LogP contribution in [-0.4, -0.2) is 31.3 Å². The minimum Gasteiger partial charge on any atom is -0.493 e. The van der Waals surface area contributed by atoms with Gasteiger partial charge in [0.1, 0.15) is 0 Å². The van der Waals surface area contributed by atoms with Gasteiger partial charge in [-0.2, -0.15) is 0 Å². The zero-order valence-corrected chi connectivity index (χ0v) is 17.2. The molecule has 0 aliphatic heterocycles. The van der Waals surface area contributed by atoms with Crippen LogP contribution < -0.4 is 25.6 Å². The predicted molar refractivity (Wildman–Crippen MR) is 112 cm³/mol. The van der Waals surface area contributed by atoms with Crippen LogP contribution in [0.4, 0.5) is 0 Å². The molecule has 27 heavy (non-hydrogen) atoms. The van der Waals surface area contributed by atoms with Crippen LogP contribution in [0.25, 0.3) is 6.08 Å².